The Labute approximate surface area is 173 Å². The second kappa shape index (κ2) is 9.30. The normalized spacial score (nSPS) is 14.3. The van der Waals surface area contributed by atoms with Crippen molar-refractivity contribution in [2.75, 3.05) is 33.2 Å². The zero-order valence-electron chi connectivity index (χ0n) is 16.4. The molecular formula is C21H23N3O4S. The molecule has 1 aliphatic heterocycles. The second-order valence-electron chi connectivity index (χ2n) is 6.36. The van der Waals surface area contributed by atoms with Gasteiger partial charge in [0.1, 0.15) is 11.5 Å². The van der Waals surface area contributed by atoms with Gasteiger partial charge in [0.15, 0.2) is 12.1 Å². The van der Waals surface area contributed by atoms with E-state index in [2.05, 4.69) is 0 Å². The molecule has 0 saturated carbocycles. The van der Waals surface area contributed by atoms with Crippen molar-refractivity contribution in [3.63, 3.8) is 0 Å². The van der Waals surface area contributed by atoms with Gasteiger partial charge in [-0.2, -0.15) is 0 Å². The Balaban J connectivity index is 1.59. The molecule has 3 aromatic rings. The highest BCUT2D eigenvalue weighted by atomic mass is 32.2. The Kier molecular flexibility index (Phi) is 6.33. The summed E-state index contributed by atoms with van der Waals surface area (Å²) in [5, 5.41) is 5.45. The van der Waals surface area contributed by atoms with Crippen molar-refractivity contribution in [2.45, 2.75) is 17.9 Å². The molecule has 152 valence electrons. The third-order valence-electron chi connectivity index (χ3n) is 4.53. The van der Waals surface area contributed by atoms with E-state index in [1.165, 1.54) is 0 Å². The van der Waals surface area contributed by atoms with Gasteiger partial charge in [-0.15, -0.1) is 5.10 Å². The van der Waals surface area contributed by atoms with E-state index >= 15 is 0 Å². The Morgan fingerprint density at radius 2 is 1.59 bits per heavy atom. The molecule has 0 bridgehead atoms. The van der Waals surface area contributed by atoms with E-state index in [-0.39, 0.29) is 6.29 Å². The third kappa shape index (κ3) is 4.72. The first-order valence-electron chi connectivity index (χ1n) is 9.39. The van der Waals surface area contributed by atoms with Gasteiger partial charge in [0.25, 0.3) is 0 Å². The number of hydrogen-bond donors (Lipinski definition) is 0. The summed E-state index contributed by atoms with van der Waals surface area (Å²) in [6.45, 7) is 1.34. The summed E-state index contributed by atoms with van der Waals surface area (Å²) in [5.41, 5.74) is 1.88. The number of ether oxygens (including phenoxy) is 4. The SMILES string of the molecule is COc1ccc(-c2nc(SCCC3OCCO3)nn2-c2ccc(OC)cc2)cc1. The highest BCUT2D eigenvalue weighted by molar-refractivity contribution is 7.99. The van der Waals surface area contributed by atoms with Gasteiger partial charge in [0.05, 0.1) is 33.1 Å². The van der Waals surface area contributed by atoms with E-state index in [0.717, 1.165) is 40.7 Å². The van der Waals surface area contributed by atoms with Crippen molar-refractivity contribution in [3.8, 4) is 28.6 Å². The molecule has 0 spiro atoms. The van der Waals surface area contributed by atoms with Crippen LogP contribution in [0.3, 0.4) is 0 Å². The molecule has 2 aromatic carbocycles. The molecule has 0 amide bonds. The molecule has 8 heteroatoms. The zero-order valence-corrected chi connectivity index (χ0v) is 17.2. The molecular weight excluding hydrogens is 390 g/mol. The number of methoxy groups -OCH3 is 2. The second-order valence-corrected chi connectivity index (χ2v) is 7.43. The molecule has 4 rings (SSSR count). The van der Waals surface area contributed by atoms with Crippen molar-refractivity contribution in [3.05, 3.63) is 48.5 Å². The predicted molar refractivity (Wildman–Crippen MR) is 111 cm³/mol. The van der Waals surface area contributed by atoms with Gasteiger partial charge in [-0.3, -0.25) is 0 Å². The average Bonchev–Trinajstić information content (AvgIpc) is 3.44. The van der Waals surface area contributed by atoms with Gasteiger partial charge in [-0.25, -0.2) is 9.67 Å². The summed E-state index contributed by atoms with van der Waals surface area (Å²) >= 11 is 1.59. The zero-order chi connectivity index (χ0) is 20.1. The van der Waals surface area contributed by atoms with Crippen LogP contribution in [-0.4, -0.2) is 54.2 Å². The molecule has 0 atom stereocenters. The largest absolute Gasteiger partial charge is 0.497 e. The molecule has 0 radical (unpaired) electrons. The van der Waals surface area contributed by atoms with Gasteiger partial charge in [0, 0.05) is 17.7 Å². The van der Waals surface area contributed by atoms with Crippen LogP contribution in [0.2, 0.25) is 0 Å². The molecule has 0 N–H and O–H groups in total. The lowest BCUT2D eigenvalue weighted by molar-refractivity contribution is -0.0421. The number of aromatic nitrogens is 3. The van der Waals surface area contributed by atoms with E-state index in [9.17, 15) is 0 Å². The van der Waals surface area contributed by atoms with Crippen LogP contribution < -0.4 is 9.47 Å². The van der Waals surface area contributed by atoms with E-state index in [1.807, 2.05) is 53.2 Å². The molecule has 1 aromatic heterocycles. The van der Waals surface area contributed by atoms with Crippen LogP contribution in [-0.2, 0) is 9.47 Å². The lowest BCUT2D eigenvalue weighted by atomic mass is 10.2. The maximum Gasteiger partial charge on any atom is 0.209 e. The Hall–Kier alpha value is -2.55. The third-order valence-corrected chi connectivity index (χ3v) is 5.40. The van der Waals surface area contributed by atoms with Gasteiger partial charge < -0.3 is 18.9 Å². The fourth-order valence-electron chi connectivity index (χ4n) is 3.01. The summed E-state index contributed by atoms with van der Waals surface area (Å²) in [4.78, 5) is 4.78. The minimum atomic E-state index is -0.118. The van der Waals surface area contributed by atoms with Gasteiger partial charge in [-0.1, -0.05) is 11.8 Å². The molecule has 1 fully saturated rings. The summed E-state index contributed by atoms with van der Waals surface area (Å²) < 4.78 is 23.4. The highest BCUT2D eigenvalue weighted by Crippen LogP contribution is 2.28. The van der Waals surface area contributed by atoms with Gasteiger partial charge >= 0.3 is 0 Å². The van der Waals surface area contributed by atoms with Crippen LogP contribution in [0.4, 0.5) is 0 Å². The molecule has 1 saturated heterocycles. The molecule has 1 aliphatic rings. The maximum absolute atomic E-state index is 5.50. The Morgan fingerprint density at radius 1 is 0.966 bits per heavy atom. The quantitative estimate of drug-likeness (QED) is 0.520. The fourth-order valence-corrected chi connectivity index (χ4v) is 3.79. The van der Waals surface area contributed by atoms with E-state index in [1.54, 1.807) is 26.0 Å². The van der Waals surface area contributed by atoms with E-state index < -0.39 is 0 Å². The first kappa shape index (κ1) is 19.8. The van der Waals surface area contributed by atoms with Crippen molar-refractivity contribution in [2.24, 2.45) is 0 Å². The molecule has 0 aliphatic carbocycles. The number of nitrogens with zero attached hydrogens (tertiary/aromatic N) is 3. The fraction of sp³-hybridized carbons (Fsp3) is 0.333. The maximum atomic E-state index is 5.50. The Bertz CT molecular complexity index is 857. The average molecular weight is 413 g/mol. The lowest BCUT2D eigenvalue weighted by Gasteiger charge is -2.07. The van der Waals surface area contributed by atoms with Crippen molar-refractivity contribution >= 4 is 11.8 Å². The molecule has 0 unspecified atom stereocenters. The lowest BCUT2D eigenvalue weighted by Crippen LogP contribution is -2.08. The van der Waals surface area contributed by atoms with E-state index in [4.69, 9.17) is 29.0 Å². The molecule has 29 heavy (non-hydrogen) atoms. The van der Waals surface area contributed by atoms with Crippen molar-refractivity contribution in [1.29, 1.82) is 0 Å². The summed E-state index contributed by atoms with van der Waals surface area (Å²) in [7, 11) is 3.31. The molecule has 7 nitrogen and oxygen atoms in total. The Morgan fingerprint density at radius 3 is 2.21 bits per heavy atom. The van der Waals surface area contributed by atoms with Crippen LogP contribution in [0, 0.1) is 0 Å². The van der Waals surface area contributed by atoms with Crippen LogP contribution >= 0.6 is 11.8 Å². The van der Waals surface area contributed by atoms with Crippen molar-refractivity contribution in [1.82, 2.24) is 14.8 Å². The summed E-state index contributed by atoms with van der Waals surface area (Å²) in [5.74, 6) is 3.19. The minimum absolute atomic E-state index is 0.118. The topological polar surface area (TPSA) is 67.6 Å². The first-order chi connectivity index (χ1) is 14.3. The van der Waals surface area contributed by atoms with Gasteiger partial charge in [0.2, 0.25) is 5.16 Å². The van der Waals surface area contributed by atoms with Crippen LogP contribution in [0.1, 0.15) is 6.42 Å². The number of benzene rings is 2. The van der Waals surface area contributed by atoms with Crippen molar-refractivity contribution < 1.29 is 18.9 Å². The highest BCUT2D eigenvalue weighted by Gasteiger charge is 2.18. The smallest absolute Gasteiger partial charge is 0.209 e. The first-order valence-corrected chi connectivity index (χ1v) is 10.4. The summed E-state index contributed by atoms with van der Waals surface area (Å²) in [6, 6.07) is 15.6. The van der Waals surface area contributed by atoms with Crippen LogP contribution in [0.5, 0.6) is 11.5 Å². The molecule has 2 heterocycles. The number of rotatable bonds is 8. The van der Waals surface area contributed by atoms with E-state index in [0.29, 0.717) is 18.4 Å². The predicted octanol–water partition coefficient (Wildman–Crippen LogP) is 3.81. The summed E-state index contributed by atoms with van der Waals surface area (Å²) in [6.07, 6.45) is 0.687. The van der Waals surface area contributed by atoms with Crippen LogP contribution in [0.25, 0.3) is 17.1 Å². The minimum Gasteiger partial charge on any atom is -0.497 e. The monoisotopic (exact) mass is 413 g/mol. The number of thioether (sulfide) groups is 1. The van der Waals surface area contributed by atoms with Gasteiger partial charge in [-0.05, 0) is 48.5 Å². The standard InChI is InChI=1S/C21H23N3O4S/c1-25-17-7-3-15(4-8-17)20-22-21(29-14-11-19-27-12-13-28-19)23-24(20)16-5-9-18(26-2)10-6-16/h3-10,19H,11-14H2,1-2H3. The van der Waals surface area contributed by atoms with Crippen LogP contribution in [0.15, 0.2) is 53.7 Å². The number of hydrogen-bond acceptors (Lipinski definition) is 7.